The molecule has 6 heteroatoms. The predicted molar refractivity (Wildman–Crippen MR) is 94.6 cm³/mol. The third kappa shape index (κ3) is 3.99. The Labute approximate surface area is 142 Å². The van der Waals surface area contributed by atoms with Gasteiger partial charge in [0.15, 0.2) is 0 Å². The van der Waals surface area contributed by atoms with Crippen LogP contribution in [0.1, 0.15) is 38.5 Å². The van der Waals surface area contributed by atoms with Gasteiger partial charge in [0, 0.05) is 19.1 Å². The van der Waals surface area contributed by atoms with E-state index in [9.17, 15) is 9.59 Å². The Kier molecular flexibility index (Phi) is 5.23. The van der Waals surface area contributed by atoms with Crippen LogP contribution >= 0.6 is 0 Å². The molecule has 1 aliphatic carbocycles. The molecule has 24 heavy (non-hydrogen) atoms. The number of likely N-dealkylation sites (tertiary alicyclic amines) is 1. The Morgan fingerprint density at radius 3 is 2.58 bits per heavy atom. The second-order valence-electron chi connectivity index (χ2n) is 6.79. The summed E-state index contributed by atoms with van der Waals surface area (Å²) in [6.45, 7) is 1.19. The SMILES string of the molecule is Nc1ccccc1NC(=O)C1CCCN(C(=O)NC2CCCC2)C1. The lowest BCUT2D eigenvalue weighted by atomic mass is 9.97. The van der Waals surface area contributed by atoms with Crippen molar-refractivity contribution in [2.24, 2.45) is 5.92 Å². The Bertz CT molecular complexity index is 598. The predicted octanol–water partition coefficient (Wildman–Crippen LogP) is 2.57. The van der Waals surface area contributed by atoms with Crippen LogP contribution in [0.2, 0.25) is 0 Å². The van der Waals surface area contributed by atoms with Gasteiger partial charge in [0.05, 0.1) is 17.3 Å². The van der Waals surface area contributed by atoms with Gasteiger partial charge >= 0.3 is 6.03 Å². The van der Waals surface area contributed by atoms with Crippen LogP contribution in [-0.4, -0.2) is 36.0 Å². The van der Waals surface area contributed by atoms with Crippen LogP contribution in [0, 0.1) is 5.92 Å². The number of urea groups is 1. The van der Waals surface area contributed by atoms with Crippen LogP contribution in [0.4, 0.5) is 16.2 Å². The molecule has 0 bridgehead atoms. The lowest BCUT2D eigenvalue weighted by Crippen LogP contribution is -2.49. The van der Waals surface area contributed by atoms with E-state index in [2.05, 4.69) is 10.6 Å². The summed E-state index contributed by atoms with van der Waals surface area (Å²) in [7, 11) is 0. The summed E-state index contributed by atoms with van der Waals surface area (Å²) in [5.41, 5.74) is 7.06. The minimum atomic E-state index is -0.187. The molecular formula is C18H26N4O2. The number of amides is 3. The molecule has 1 unspecified atom stereocenters. The number of hydrogen-bond donors (Lipinski definition) is 3. The van der Waals surface area contributed by atoms with Gasteiger partial charge in [-0.3, -0.25) is 4.79 Å². The lowest BCUT2D eigenvalue weighted by Gasteiger charge is -2.33. The number of piperidine rings is 1. The molecule has 3 amide bonds. The van der Waals surface area contributed by atoms with Gasteiger partial charge in [0.25, 0.3) is 0 Å². The molecule has 130 valence electrons. The van der Waals surface area contributed by atoms with Crippen molar-refractivity contribution in [3.63, 3.8) is 0 Å². The van der Waals surface area contributed by atoms with E-state index in [4.69, 9.17) is 5.73 Å². The van der Waals surface area contributed by atoms with E-state index in [0.29, 0.717) is 24.0 Å². The average Bonchev–Trinajstić information content (AvgIpc) is 3.10. The van der Waals surface area contributed by atoms with Crippen LogP contribution in [0.15, 0.2) is 24.3 Å². The molecule has 0 spiro atoms. The Balaban J connectivity index is 1.55. The van der Waals surface area contributed by atoms with Crippen molar-refractivity contribution in [3.8, 4) is 0 Å². The second kappa shape index (κ2) is 7.55. The lowest BCUT2D eigenvalue weighted by molar-refractivity contribution is -0.121. The molecule has 0 aromatic heterocycles. The maximum Gasteiger partial charge on any atom is 0.317 e. The number of para-hydroxylation sites is 2. The summed E-state index contributed by atoms with van der Waals surface area (Å²) < 4.78 is 0. The van der Waals surface area contributed by atoms with Gasteiger partial charge in [-0.25, -0.2) is 4.79 Å². The highest BCUT2D eigenvalue weighted by Crippen LogP contribution is 2.23. The molecular weight excluding hydrogens is 304 g/mol. The minimum absolute atomic E-state index is 0.0291. The number of anilines is 2. The van der Waals surface area contributed by atoms with Crippen LogP contribution in [-0.2, 0) is 4.79 Å². The van der Waals surface area contributed by atoms with Gasteiger partial charge in [-0.1, -0.05) is 25.0 Å². The third-order valence-corrected chi connectivity index (χ3v) is 4.98. The summed E-state index contributed by atoms with van der Waals surface area (Å²) in [6, 6.07) is 7.50. The monoisotopic (exact) mass is 330 g/mol. The average molecular weight is 330 g/mol. The highest BCUT2D eigenvalue weighted by Gasteiger charge is 2.30. The van der Waals surface area contributed by atoms with Crippen molar-refractivity contribution in [1.29, 1.82) is 0 Å². The molecule has 2 aliphatic rings. The number of nitrogen functional groups attached to an aromatic ring is 1. The van der Waals surface area contributed by atoms with Crippen molar-refractivity contribution in [2.45, 2.75) is 44.6 Å². The molecule has 1 aliphatic heterocycles. The van der Waals surface area contributed by atoms with Gasteiger partial charge in [0.1, 0.15) is 0 Å². The molecule has 0 radical (unpaired) electrons. The number of hydrogen-bond acceptors (Lipinski definition) is 3. The van der Waals surface area contributed by atoms with Gasteiger partial charge < -0.3 is 21.3 Å². The summed E-state index contributed by atoms with van der Waals surface area (Å²) in [6.07, 6.45) is 6.16. The summed E-state index contributed by atoms with van der Waals surface area (Å²) >= 11 is 0. The molecule has 2 fully saturated rings. The summed E-state index contributed by atoms with van der Waals surface area (Å²) in [5.74, 6) is -0.251. The summed E-state index contributed by atoms with van der Waals surface area (Å²) in [5, 5.41) is 5.99. The van der Waals surface area contributed by atoms with E-state index in [1.807, 2.05) is 12.1 Å². The number of carbonyl (C=O) groups is 2. The number of rotatable bonds is 3. The van der Waals surface area contributed by atoms with Gasteiger partial charge in [-0.2, -0.15) is 0 Å². The standard InChI is InChI=1S/C18H26N4O2/c19-15-9-3-4-10-16(15)21-17(23)13-6-5-11-22(12-13)18(24)20-14-7-1-2-8-14/h3-4,9-10,13-14H,1-2,5-8,11-12,19H2,(H,20,24)(H,21,23). The van der Waals surface area contributed by atoms with E-state index < -0.39 is 0 Å². The largest absolute Gasteiger partial charge is 0.397 e. The number of nitrogens with two attached hydrogens (primary N) is 1. The first-order chi connectivity index (χ1) is 11.6. The minimum Gasteiger partial charge on any atom is -0.397 e. The van der Waals surface area contributed by atoms with Gasteiger partial charge in [0.2, 0.25) is 5.91 Å². The van der Waals surface area contributed by atoms with Crippen molar-refractivity contribution < 1.29 is 9.59 Å². The first-order valence-electron chi connectivity index (χ1n) is 8.84. The third-order valence-electron chi connectivity index (χ3n) is 4.98. The van der Waals surface area contributed by atoms with E-state index in [1.54, 1.807) is 17.0 Å². The topological polar surface area (TPSA) is 87.5 Å². The van der Waals surface area contributed by atoms with Crippen molar-refractivity contribution in [3.05, 3.63) is 24.3 Å². The first kappa shape index (κ1) is 16.6. The van der Waals surface area contributed by atoms with Crippen LogP contribution in [0.3, 0.4) is 0 Å². The zero-order valence-corrected chi connectivity index (χ0v) is 14.0. The number of nitrogens with zero attached hydrogens (tertiary/aromatic N) is 1. The zero-order chi connectivity index (χ0) is 16.9. The van der Waals surface area contributed by atoms with Crippen molar-refractivity contribution in [2.75, 3.05) is 24.1 Å². The van der Waals surface area contributed by atoms with Gasteiger partial charge in [-0.15, -0.1) is 0 Å². The van der Waals surface area contributed by atoms with E-state index in [-0.39, 0.29) is 17.9 Å². The maximum absolute atomic E-state index is 12.5. The van der Waals surface area contributed by atoms with E-state index >= 15 is 0 Å². The molecule has 1 saturated heterocycles. The van der Waals surface area contributed by atoms with Crippen LogP contribution < -0.4 is 16.4 Å². The number of carbonyl (C=O) groups excluding carboxylic acids is 2. The molecule has 4 N–H and O–H groups in total. The number of nitrogens with one attached hydrogen (secondary N) is 2. The Morgan fingerprint density at radius 2 is 1.83 bits per heavy atom. The molecule has 1 heterocycles. The summed E-state index contributed by atoms with van der Waals surface area (Å²) in [4.78, 5) is 26.7. The molecule has 1 saturated carbocycles. The molecule has 1 atom stereocenters. The zero-order valence-electron chi connectivity index (χ0n) is 14.0. The molecule has 1 aromatic carbocycles. The molecule has 6 nitrogen and oxygen atoms in total. The van der Waals surface area contributed by atoms with E-state index in [0.717, 1.165) is 32.2 Å². The fourth-order valence-corrected chi connectivity index (χ4v) is 3.56. The van der Waals surface area contributed by atoms with Crippen molar-refractivity contribution >= 4 is 23.3 Å². The first-order valence-corrected chi connectivity index (χ1v) is 8.84. The fourth-order valence-electron chi connectivity index (χ4n) is 3.56. The normalized spacial score (nSPS) is 21.5. The van der Waals surface area contributed by atoms with Gasteiger partial charge in [-0.05, 0) is 37.8 Å². The highest BCUT2D eigenvalue weighted by atomic mass is 16.2. The smallest absolute Gasteiger partial charge is 0.317 e. The molecule has 1 aromatic rings. The van der Waals surface area contributed by atoms with Crippen molar-refractivity contribution in [1.82, 2.24) is 10.2 Å². The highest BCUT2D eigenvalue weighted by molar-refractivity contribution is 5.95. The second-order valence-corrected chi connectivity index (χ2v) is 6.79. The van der Waals surface area contributed by atoms with Crippen LogP contribution in [0.25, 0.3) is 0 Å². The maximum atomic E-state index is 12.5. The van der Waals surface area contributed by atoms with E-state index in [1.165, 1.54) is 12.8 Å². The quantitative estimate of drug-likeness (QED) is 0.744. The fraction of sp³-hybridized carbons (Fsp3) is 0.556. The Hall–Kier alpha value is -2.24. The number of benzene rings is 1. The van der Waals surface area contributed by atoms with Crippen LogP contribution in [0.5, 0.6) is 0 Å². The molecule has 3 rings (SSSR count). The Morgan fingerprint density at radius 1 is 1.08 bits per heavy atom.